The number of carbonyl (C=O) groups excluding carboxylic acids is 2. The first-order valence-corrected chi connectivity index (χ1v) is 5.13. The summed E-state index contributed by atoms with van der Waals surface area (Å²) in [5, 5.41) is 0. The summed E-state index contributed by atoms with van der Waals surface area (Å²) in [6.07, 6.45) is 0.114. The number of rotatable bonds is 4. The molecular formula is C12H16ClNO4. The van der Waals surface area contributed by atoms with Gasteiger partial charge >= 0.3 is 11.9 Å². The predicted molar refractivity (Wildman–Crippen MR) is 68.6 cm³/mol. The number of benzene rings is 1. The molecule has 0 amide bonds. The molecule has 1 rings (SSSR count). The summed E-state index contributed by atoms with van der Waals surface area (Å²) in [6.45, 7) is 1.33. The van der Waals surface area contributed by atoms with Gasteiger partial charge in [0, 0.05) is 13.0 Å². The van der Waals surface area contributed by atoms with Crippen molar-refractivity contribution in [3.05, 3.63) is 29.8 Å². The lowest BCUT2D eigenvalue weighted by Gasteiger charge is -2.11. The smallest absolute Gasteiger partial charge is 0.308 e. The summed E-state index contributed by atoms with van der Waals surface area (Å²) >= 11 is 0. The molecule has 1 atom stereocenters. The lowest BCUT2D eigenvalue weighted by molar-refractivity contribution is -0.141. The Kier molecular flexibility index (Phi) is 7.00. The van der Waals surface area contributed by atoms with Crippen molar-refractivity contribution in [1.82, 2.24) is 0 Å². The second kappa shape index (κ2) is 7.68. The maximum Gasteiger partial charge on any atom is 0.308 e. The zero-order valence-corrected chi connectivity index (χ0v) is 11.0. The molecule has 100 valence electrons. The van der Waals surface area contributed by atoms with Crippen molar-refractivity contribution in [1.29, 1.82) is 0 Å². The van der Waals surface area contributed by atoms with E-state index in [1.165, 1.54) is 14.0 Å². The minimum absolute atomic E-state index is 0. The predicted octanol–water partition coefficient (Wildman–Crippen LogP) is 1.60. The van der Waals surface area contributed by atoms with Gasteiger partial charge in [-0.3, -0.25) is 9.59 Å². The second-order valence-corrected chi connectivity index (χ2v) is 3.55. The van der Waals surface area contributed by atoms with Crippen LogP contribution in [0.15, 0.2) is 24.3 Å². The third-order valence-corrected chi connectivity index (χ3v) is 2.18. The zero-order valence-electron chi connectivity index (χ0n) is 10.2. The molecule has 0 heterocycles. The van der Waals surface area contributed by atoms with Gasteiger partial charge in [0.1, 0.15) is 5.75 Å². The molecule has 6 heteroatoms. The first kappa shape index (κ1) is 16.4. The molecule has 0 saturated carbocycles. The van der Waals surface area contributed by atoms with E-state index in [1.54, 1.807) is 24.3 Å². The number of hydrogen-bond acceptors (Lipinski definition) is 5. The van der Waals surface area contributed by atoms with Crippen LogP contribution >= 0.6 is 12.4 Å². The van der Waals surface area contributed by atoms with Crippen molar-refractivity contribution in [3.63, 3.8) is 0 Å². The van der Waals surface area contributed by atoms with Crippen LogP contribution in [-0.2, 0) is 14.3 Å². The van der Waals surface area contributed by atoms with E-state index in [0.29, 0.717) is 5.75 Å². The normalized spacial score (nSPS) is 11.1. The van der Waals surface area contributed by atoms with Crippen LogP contribution in [0, 0.1) is 0 Å². The number of esters is 2. The Morgan fingerprint density at radius 2 is 1.83 bits per heavy atom. The van der Waals surface area contributed by atoms with Crippen molar-refractivity contribution in [2.24, 2.45) is 5.73 Å². The lowest BCUT2D eigenvalue weighted by Crippen LogP contribution is -2.16. The molecule has 0 aliphatic heterocycles. The summed E-state index contributed by atoms with van der Waals surface area (Å²) in [5.41, 5.74) is 6.60. The fraction of sp³-hybridized carbons (Fsp3) is 0.333. The highest BCUT2D eigenvalue weighted by atomic mass is 35.5. The van der Waals surface area contributed by atoms with Crippen LogP contribution in [0.1, 0.15) is 24.9 Å². The molecule has 0 spiro atoms. The van der Waals surface area contributed by atoms with Gasteiger partial charge in [-0.2, -0.15) is 0 Å². The van der Waals surface area contributed by atoms with Gasteiger partial charge in [-0.25, -0.2) is 0 Å². The Balaban J connectivity index is 0.00000289. The highest BCUT2D eigenvalue weighted by Gasteiger charge is 2.11. The number of ether oxygens (including phenoxy) is 2. The Bertz CT molecular complexity index is 405. The largest absolute Gasteiger partial charge is 0.469 e. The number of hydrogen-bond donors (Lipinski definition) is 1. The minimum Gasteiger partial charge on any atom is -0.469 e. The van der Waals surface area contributed by atoms with Gasteiger partial charge in [0.2, 0.25) is 0 Å². The first-order valence-electron chi connectivity index (χ1n) is 5.13. The summed E-state index contributed by atoms with van der Waals surface area (Å²) in [7, 11) is 1.32. The SMILES string of the molecule is COC(=O)C[C@@H](N)c1ccc(OC(C)=O)cc1.Cl. The summed E-state index contributed by atoms with van der Waals surface area (Å²) in [5.74, 6) is -0.287. The van der Waals surface area contributed by atoms with Gasteiger partial charge < -0.3 is 15.2 Å². The lowest BCUT2D eigenvalue weighted by atomic mass is 10.0. The molecule has 0 saturated heterocycles. The molecular weight excluding hydrogens is 258 g/mol. The van der Waals surface area contributed by atoms with E-state index < -0.39 is 6.04 Å². The van der Waals surface area contributed by atoms with Crippen LogP contribution in [0.4, 0.5) is 0 Å². The molecule has 0 unspecified atom stereocenters. The van der Waals surface area contributed by atoms with Gasteiger partial charge in [0.25, 0.3) is 0 Å². The quantitative estimate of drug-likeness (QED) is 0.666. The monoisotopic (exact) mass is 273 g/mol. The number of methoxy groups -OCH3 is 1. The van der Waals surface area contributed by atoms with Crippen molar-refractivity contribution in [2.75, 3.05) is 7.11 Å². The van der Waals surface area contributed by atoms with E-state index in [1.807, 2.05) is 0 Å². The fourth-order valence-electron chi connectivity index (χ4n) is 1.33. The number of halogens is 1. The van der Waals surface area contributed by atoms with E-state index in [2.05, 4.69) is 4.74 Å². The highest BCUT2D eigenvalue weighted by molar-refractivity contribution is 5.85. The Labute approximate surface area is 112 Å². The van der Waals surface area contributed by atoms with E-state index in [9.17, 15) is 9.59 Å². The van der Waals surface area contributed by atoms with E-state index >= 15 is 0 Å². The molecule has 1 aromatic rings. The maximum atomic E-state index is 11.0. The molecule has 18 heavy (non-hydrogen) atoms. The number of nitrogens with two attached hydrogens (primary N) is 1. The average molecular weight is 274 g/mol. The van der Waals surface area contributed by atoms with Crippen LogP contribution in [0.5, 0.6) is 5.75 Å². The van der Waals surface area contributed by atoms with E-state index in [-0.39, 0.29) is 30.8 Å². The third kappa shape index (κ3) is 5.16. The standard InChI is InChI=1S/C12H15NO4.ClH/c1-8(14)17-10-5-3-9(4-6-10)11(13)7-12(15)16-2;/h3-6,11H,7,13H2,1-2H3;1H/t11-;/m1./s1. The summed E-state index contributed by atoms with van der Waals surface area (Å²) in [4.78, 5) is 21.7. The molecule has 0 aliphatic rings. The van der Waals surface area contributed by atoms with Crippen molar-refractivity contribution in [3.8, 4) is 5.75 Å². The van der Waals surface area contributed by atoms with Gasteiger partial charge in [-0.05, 0) is 17.7 Å². The van der Waals surface area contributed by atoms with Gasteiger partial charge in [-0.1, -0.05) is 12.1 Å². The molecule has 5 nitrogen and oxygen atoms in total. The van der Waals surface area contributed by atoms with Crippen LogP contribution in [0.2, 0.25) is 0 Å². The Morgan fingerprint density at radius 3 is 2.28 bits per heavy atom. The Morgan fingerprint density at radius 1 is 1.28 bits per heavy atom. The minimum atomic E-state index is -0.422. The molecule has 1 aromatic carbocycles. The Hall–Kier alpha value is -1.59. The topological polar surface area (TPSA) is 78.6 Å². The highest BCUT2D eigenvalue weighted by Crippen LogP contribution is 2.18. The summed E-state index contributed by atoms with van der Waals surface area (Å²) < 4.78 is 9.41. The fourth-order valence-corrected chi connectivity index (χ4v) is 1.33. The summed E-state index contributed by atoms with van der Waals surface area (Å²) in [6, 6.07) is 6.27. The first-order chi connectivity index (χ1) is 8.02. The molecule has 0 bridgehead atoms. The zero-order chi connectivity index (χ0) is 12.8. The van der Waals surface area contributed by atoms with Crippen LogP contribution in [0.25, 0.3) is 0 Å². The second-order valence-electron chi connectivity index (χ2n) is 3.55. The van der Waals surface area contributed by atoms with Crippen LogP contribution in [-0.4, -0.2) is 19.0 Å². The molecule has 2 N–H and O–H groups in total. The van der Waals surface area contributed by atoms with Crippen LogP contribution in [0.3, 0.4) is 0 Å². The molecule has 0 fully saturated rings. The average Bonchev–Trinajstić information content (AvgIpc) is 2.28. The van der Waals surface area contributed by atoms with Gasteiger partial charge in [0.15, 0.2) is 0 Å². The third-order valence-electron chi connectivity index (χ3n) is 2.18. The molecule has 0 aromatic heterocycles. The molecule has 0 radical (unpaired) electrons. The number of carbonyl (C=O) groups is 2. The van der Waals surface area contributed by atoms with Crippen LogP contribution < -0.4 is 10.5 Å². The van der Waals surface area contributed by atoms with Crippen molar-refractivity contribution >= 4 is 24.3 Å². The maximum absolute atomic E-state index is 11.0. The van der Waals surface area contributed by atoms with Crippen molar-refractivity contribution < 1.29 is 19.1 Å². The van der Waals surface area contributed by atoms with Gasteiger partial charge in [-0.15, -0.1) is 12.4 Å². The van der Waals surface area contributed by atoms with E-state index in [4.69, 9.17) is 10.5 Å². The van der Waals surface area contributed by atoms with Gasteiger partial charge in [0.05, 0.1) is 13.5 Å². The van der Waals surface area contributed by atoms with E-state index in [0.717, 1.165) is 5.56 Å². The van der Waals surface area contributed by atoms with Crippen molar-refractivity contribution in [2.45, 2.75) is 19.4 Å². The molecule has 0 aliphatic carbocycles.